The lowest BCUT2D eigenvalue weighted by atomic mass is 9.97. The second-order valence-corrected chi connectivity index (χ2v) is 6.81. The van der Waals surface area contributed by atoms with Crippen molar-refractivity contribution in [2.75, 3.05) is 19.6 Å². The molecule has 2 aromatic rings. The zero-order valence-corrected chi connectivity index (χ0v) is 14.5. The smallest absolute Gasteiger partial charge is 0.270 e. The molecule has 128 valence electrons. The number of halogens is 2. The molecule has 1 aliphatic heterocycles. The van der Waals surface area contributed by atoms with Gasteiger partial charge in [0.1, 0.15) is 11.4 Å². The van der Waals surface area contributed by atoms with Crippen molar-refractivity contribution < 1.29 is 9.59 Å². The van der Waals surface area contributed by atoms with Gasteiger partial charge < -0.3 is 20.2 Å². The van der Waals surface area contributed by atoms with E-state index in [1.54, 1.807) is 29.4 Å². The summed E-state index contributed by atoms with van der Waals surface area (Å²) in [6, 6.07) is 3.22. The Morgan fingerprint density at radius 1 is 1.17 bits per heavy atom. The van der Waals surface area contributed by atoms with E-state index in [1.807, 2.05) is 0 Å². The lowest BCUT2D eigenvalue weighted by molar-refractivity contribution is 0.0665. The maximum atomic E-state index is 12.5. The second kappa shape index (κ2) is 7.32. The Morgan fingerprint density at radius 2 is 1.83 bits per heavy atom. The third-order valence-electron chi connectivity index (χ3n) is 4.13. The highest BCUT2D eigenvalue weighted by atomic mass is 35.5. The van der Waals surface area contributed by atoms with Crippen molar-refractivity contribution in [3.05, 3.63) is 46.0 Å². The van der Waals surface area contributed by atoms with Crippen molar-refractivity contribution in [2.45, 2.75) is 12.8 Å². The zero-order valence-electron chi connectivity index (χ0n) is 12.9. The van der Waals surface area contributed by atoms with Crippen LogP contribution in [0.1, 0.15) is 33.8 Å². The number of aromatic amines is 2. The average molecular weight is 369 g/mol. The second-order valence-electron chi connectivity index (χ2n) is 5.93. The molecule has 1 atom stereocenters. The van der Waals surface area contributed by atoms with E-state index < -0.39 is 0 Å². The van der Waals surface area contributed by atoms with Crippen LogP contribution >= 0.6 is 23.2 Å². The minimum Gasteiger partial charge on any atom is -0.356 e. The fraction of sp³-hybridized carbons (Fsp3) is 0.375. The summed E-state index contributed by atoms with van der Waals surface area (Å²) in [5.41, 5.74) is 0.926. The number of aromatic nitrogens is 2. The Hall–Kier alpha value is -1.92. The third-order valence-corrected chi connectivity index (χ3v) is 4.56. The highest BCUT2D eigenvalue weighted by Crippen LogP contribution is 2.19. The molecule has 0 radical (unpaired) electrons. The zero-order chi connectivity index (χ0) is 17.1. The van der Waals surface area contributed by atoms with Gasteiger partial charge in [-0.05, 0) is 30.9 Å². The SMILES string of the molecule is O=C(NCC1CCCN(C(=O)c2cc(Cl)c[nH]2)C1)c1cc(Cl)c[nH]1. The molecule has 1 unspecified atom stereocenters. The first-order valence-corrected chi connectivity index (χ1v) is 8.54. The van der Waals surface area contributed by atoms with Gasteiger partial charge in [-0.15, -0.1) is 0 Å². The summed E-state index contributed by atoms with van der Waals surface area (Å²) in [5.74, 6) is -0.0295. The molecule has 2 aromatic heterocycles. The van der Waals surface area contributed by atoms with E-state index in [-0.39, 0.29) is 17.7 Å². The molecule has 24 heavy (non-hydrogen) atoms. The topological polar surface area (TPSA) is 81.0 Å². The van der Waals surface area contributed by atoms with Crippen LogP contribution in [0.3, 0.4) is 0 Å². The number of likely N-dealkylation sites (tertiary alicyclic amines) is 1. The minimum absolute atomic E-state index is 0.0610. The molecule has 6 nitrogen and oxygen atoms in total. The Balaban J connectivity index is 1.54. The lowest BCUT2D eigenvalue weighted by Gasteiger charge is -2.32. The molecular formula is C16H18Cl2N4O2. The number of hydrogen-bond donors (Lipinski definition) is 3. The lowest BCUT2D eigenvalue weighted by Crippen LogP contribution is -2.43. The fourth-order valence-electron chi connectivity index (χ4n) is 2.91. The number of carbonyl (C=O) groups is 2. The van der Waals surface area contributed by atoms with Crippen molar-refractivity contribution >= 4 is 35.0 Å². The number of nitrogens with one attached hydrogen (secondary N) is 3. The van der Waals surface area contributed by atoms with Gasteiger partial charge >= 0.3 is 0 Å². The Labute approximate surface area is 149 Å². The van der Waals surface area contributed by atoms with Gasteiger partial charge in [0.05, 0.1) is 10.0 Å². The summed E-state index contributed by atoms with van der Waals surface area (Å²) in [5, 5.41) is 3.91. The van der Waals surface area contributed by atoms with Gasteiger partial charge in [-0.3, -0.25) is 9.59 Å². The minimum atomic E-state index is -0.193. The molecule has 0 aromatic carbocycles. The van der Waals surface area contributed by atoms with Gasteiger partial charge in [0.2, 0.25) is 0 Å². The van der Waals surface area contributed by atoms with Crippen LogP contribution in [0.5, 0.6) is 0 Å². The summed E-state index contributed by atoms with van der Waals surface area (Å²) in [6.07, 6.45) is 5.05. The normalized spacial score (nSPS) is 17.8. The van der Waals surface area contributed by atoms with E-state index in [1.165, 1.54) is 0 Å². The van der Waals surface area contributed by atoms with Gasteiger partial charge in [-0.2, -0.15) is 0 Å². The molecule has 0 saturated carbocycles. The Kier molecular flexibility index (Phi) is 5.16. The summed E-state index contributed by atoms with van der Waals surface area (Å²) < 4.78 is 0. The van der Waals surface area contributed by atoms with Crippen LogP contribution in [-0.4, -0.2) is 46.3 Å². The van der Waals surface area contributed by atoms with Crippen molar-refractivity contribution in [1.82, 2.24) is 20.2 Å². The van der Waals surface area contributed by atoms with Crippen LogP contribution < -0.4 is 5.32 Å². The number of rotatable bonds is 4. The summed E-state index contributed by atoms with van der Waals surface area (Å²) >= 11 is 11.7. The van der Waals surface area contributed by atoms with E-state index in [0.29, 0.717) is 41.1 Å². The monoisotopic (exact) mass is 368 g/mol. The van der Waals surface area contributed by atoms with E-state index in [4.69, 9.17) is 23.2 Å². The molecule has 2 amide bonds. The largest absolute Gasteiger partial charge is 0.356 e. The molecule has 1 saturated heterocycles. The molecule has 0 aliphatic carbocycles. The predicted molar refractivity (Wildman–Crippen MR) is 92.6 cm³/mol. The van der Waals surface area contributed by atoms with Crippen LogP contribution in [-0.2, 0) is 0 Å². The van der Waals surface area contributed by atoms with Crippen LogP contribution in [0.15, 0.2) is 24.5 Å². The molecular weight excluding hydrogens is 351 g/mol. The van der Waals surface area contributed by atoms with Gasteiger partial charge in [0, 0.05) is 32.0 Å². The van der Waals surface area contributed by atoms with Gasteiger partial charge in [0.25, 0.3) is 11.8 Å². The number of hydrogen-bond acceptors (Lipinski definition) is 2. The highest BCUT2D eigenvalue weighted by Gasteiger charge is 2.25. The molecule has 1 aliphatic rings. The molecule has 3 heterocycles. The van der Waals surface area contributed by atoms with Crippen LogP contribution in [0.2, 0.25) is 10.0 Å². The van der Waals surface area contributed by atoms with Crippen molar-refractivity contribution in [3.8, 4) is 0 Å². The quantitative estimate of drug-likeness (QED) is 0.775. The molecule has 0 spiro atoms. The average Bonchev–Trinajstić information content (AvgIpc) is 3.21. The van der Waals surface area contributed by atoms with E-state index in [0.717, 1.165) is 12.8 Å². The summed E-state index contributed by atoms with van der Waals surface area (Å²) in [7, 11) is 0. The first-order valence-electron chi connectivity index (χ1n) is 7.78. The van der Waals surface area contributed by atoms with Crippen molar-refractivity contribution in [3.63, 3.8) is 0 Å². The molecule has 3 rings (SSSR count). The van der Waals surface area contributed by atoms with E-state index in [2.05, 4.69) is 15.3 Å². The van der Waals surface area contributed by atoms with E-state index >= 15 is 0 Å². The van der Waals surface area contributed by atoms with Crippen LogP contribution in [0, 0.1) is 5.92 Å². The third kappa shape index (κ3) is 3.94. The fourth-order valence-corrected chi connectivity index (χ4v) is 3.24. The Morgan fingerprint density at radius 3 is 2.46 bits per heavy atom. The van der Waals surface area contributed by atoms with Crippen molar-refractivity contribution in [2.24, 2.45) is 5.92 Å². The maximum absolute atomic E-state index is 12.5. The number of amides is 2. The van der Waals surface area contributed by atoms with Gasteiger partial charge in [-0.25, -0.2) is 0 Å². The standard InChI is InChI=1S/C16H18Cl2N4O2/c17-11-4-13(19-7-11)15(23)21-6-10-2-1-3-22(9-10)16(24)14-5-12(18)8-20-14/h4-5,7-8,10,19-20H,1-3,6,9H2,(H,21,23). The first-order chi connectivity index (χ1) is 11.5. The van der Waals surface area contributed by atoms with Gasteiger partial charge in [-0.1, -0.05) is 23.2 Å². The van der Waals surface area contributed by atoms with Crippen LogP contribution in [0.4, 0.5) is 0 Å². The first kappa shape index (κ1) is 16.9. The molecule has 3 N–H and O–H groups in total. The number of H-pyrrole nitrogens is 2. The Bertz CT molecular complexity index is 740. The highest BCUT2D eigenvalue weighted by molar-refractivity contribution is 6.31. The number of piperidine rings is 1. The summed E-state index contributed by atoms with van der Waals surface area (Å²) in [6.45, 7) is 1.85. The molecule has 1 fully saturated rings. The molecule has 8 heteroatoms. The van der Waals surface area contributed by atoms with E-state index in [9.17, 15) is 9.59 Å². The number of carbonyl (C=O) groups excluding carboxylic acids is 2. The van der Waals surface area contributed by atoms with Crippen molar-refractivity contribution in [1.29, 1.82) is 0 Å². The summed E-state index contributed by atoms with van der Waals surface area (Å²) in [4.78, 5) is 32.0. The number of nitrogens with zero attached hydrogens (tertiary/aromatic N) is 1. The van der Waals surface area contributed by atoms with Crippen LogP contribution in [0.25, 0.3) is 0 Å². The molecule has 0 bridgehead atoms. The van der Waals surface area contributed by atoms with Gasteiger partial charge in [0.15, 0.2) is 0 Å². The predicted octanol–water partition coefficient (Wildman–Crippen LogP) is 2.93. The maximum Gasteiger partial charge on any atom is 0.270 e.